The Bertz CT molecular complexity index is 137. The van der Waals surface area contributed by atoms with Crippen molar-refractivity contribution >= 4 is 6.09 Å². The van der Waals surface area contributed by atoms with E-state index in [1.807, 2.05) is 0 Å². The number of likely N-dealkylation sites (tertiary alicyclic amines) is 1. The summed E-state index contributed by atoms with van der Waals surface area (Å²) in [6.45, 7) is 1.18. The minimum Gasteiger partial charge on any atom is -0.465 e. The fraction of sp³-hybridized carbons (Fsp3) is 0.833. The molecular formula is C6H11NO3. The Balaban J connectivity index is 2.28. The number of amides is 1. The molecule has 1 atom stereocenters. The van der Waals surface area contributed by atoms with Gasteiger partial charge in [-0.3, -0.25) is 0 Å². The second-order valence-corrected chi connectivity index (χ2v) is 2.37. The molecule has 1 aliphatic heterocycles. The molecule has 1 fully saturated rings. The molecule has 4 heteroatoms. The van der Waals surface area contributed by atoms with Crippen LogP contribution in [-0.2, 0) is 4.74 Å². The fourth-order valence-corrected chi connectivity index (χ4v) is 1.06. The predicted molar refractivity (Wildman–Crippen MR) is 35.0 cm³/mol. The van der Waals surface area contributed by atoms with Gasteiger partial charge in [-0.05, 0) is 6.42 Å². The van der Waals surface area contributed by atoms with Crippen LogP contribution in [0.4, 0.5) is 4.79 Å². The molecular weight excluding hydrogens is 134 g/mol. The first-order valence-electron chi connectivity index (χ1n) is 3.24. The molecule has 0 radical (unpaired) electrons. The van der Waals surface area contributed by atoms with Gasteiger partial charge in [-0.1, -0.05) is 0 Å². The highest BCUT2D eigenvalue weighted by Crippen LogP contribution is 2.16. The van der Waals surface area contributed by atoms with Crippen LogP contribution in [-0.4, -0.2) is 42.4 Å². The van der Waals surface area contributed by atoms with E-state index in [1.54, 1.807) is 7.11 Å². The molecule has 1 N–H and O–H groups in total. The lowest BCUT2D eigenvalue weighted by atomic mass is 10.1. The van der Waals surface area contributed by atoms with Gasteiger partial charge in [0.1, 0.15) is 0 Å². The van der Waals surface area contributed by atoms with Gasteiger partial charge in [0.2, 0.25) is 0 Å². The van der Waals surface area contributed by atoms with Crippen LogP contribution in [0, 0.1) is 0 Å². The molecule has 58 valence electrons. The Labute approximate surface area is 59.4 Å². The number of ether oxygens (including phenoxy) is 1. The van der Waals surface area contributed by atoms with Crippen molar-refractivity contribution in [1.29, 1.82) is 0 Å². The number of methoxy groups -OCH3 is 1. The number of rotatable bonds is 2. The third kappa shape index (κ3) is 1.21. The van der Waals surface area contributed by atoms with Gasteiger partial charge in [-0.15, -0.1) is 0 Å². The minimum atomic E-state index is -0.840. The molecule has 0 spiro atoms. The third-order valence-corrected chi connectivity index (χ3v) is 1.75. The summed E-state index contributed by atoms with van der Waals surface area (Å²) >= 11 is 0. The molecule has 1 amide bonds. The second-order valence-electron chi connectivity index (χ2n) is 2.37. The van der Waals surface area contributed by atoms with E-state index in [1.165, 1.54) is 4.90 Å². The Hall–Kier alpha value is -0.770. The first kappa shape index (κ1) is 7.34. The van der Waals surface area contributed by atoms with Crippen molar-refractivity contribution in [2.45, 2.75) is 12.5 Å². The lowest BCUT2D eigenvalue weighted by Crippen LogP contribution is -2.52. The van der Waals surface area contributed by atoms with E-state index in [9.17, 15) is 4.79 Å². The fourth-order valence-electron chi connectivity index (χ4n) is 1.06. The van der Waals surface area contributed by atoms with Crippen molar-refractivity contribution in [3.05, 3.63) is 0 Å². The van der Waals surface area contributed by atoms with Gasteiger partial charge in [0.25, 0.3) is 0 Å². The summed E-state index contributed by atoms with van der Waals surface area (Å²) in [4.78, 5) is 11.7. The normalized spacial score (nSPS) is 24.1. The molecule has 0 bridgehead atoms. The zero-order chi connectivity index (χ0) is 7.56. The second kappa shape index (κ2) is 2.88. The molecule has 1 heterocycles. The number of nitrogens with zero attached hydrogens (tertiary/aromatic N) is 1. The van der Waals surface area contributed by atoms with Crippen LogP contribution in [0.3, 0.4) is 0 Å². The quantitative estimate of drug-likeness (QED) is 0.611. The number of hydrogen-bond acceptors (Lipinski definition) is 2. The summed E-state index contributed by atoms with van der Waals surface area (Å²) in [6, 6.07) is 0.0995. The van der Waals surface area contributed by atoms with Gasteiger partial charge in [-0.2, -0.15) is 0 Å². The molecule has 0 saturated carbocycles. The monoisotopic (exact) mass is 145 g/mol. The van der Waals surface area contributed by atoms with E-state index in [0.717, 1.165) is 6.42 Å². The average molecular weight is 145 g/mol. The van der Waals surface area contributed by atoms with Crippen LogP contribution in [0.2, 0.25) is 0 Å². The largest absolute Gasteiger partial charge is 0.465 e. The minimum absolute atomic E-state index is 0.0995. The smallest absolute Gasteiger partial charge is 0.407 e. The molecule has 0 aliphatic carbocycles. The number of carboxylic acid groups (broad SMARTS) is 1. The van der Waals surface area contributed by atoms with Gasteiger partial charge >= 0.3 is 6.09 Å². The highest BCUT2D eigenvalue weighted by molar-refractivity contribution is 5.66. The van der Waals surface area contributed by atoms with E-state index in [-0.39, 0.29) is 6.04 Å². The average Bonchev–Trinajstić information content (AvgIpc) is 1.78. The van der Waals surface area contributed by atoms with E-state index in [0.29, 0.717) is 13.2 Å². The van der Waals surface area contributed by atoms with Gasteiger partial charge in [0.05, 0.1) is 12.6 Å². The van der Waals surface area contributed by atoms with Crippen LogP contribution in [0.25, 0.3) is 0 Å². The maximum absolute atomic E-state index is 10.3. The summed E-state index contributed by atoms with van der Waals surface area (Å²) in [7, 11) is 1.58. The molecule has 4 nitrogen and oxygen atoms in total. The first-order valence-corrected chi connectivity index (χ1v) is 3.24. The SMILES string of the molecule is COCC1CCN1C(=O)O. The highest BCUT2D eigenvalue weighted by atomic mass is 16.5. The van der Waals surface area contributed by atoms with Crippen LogP contribution in [0.1, 0.15) is 6.42 Å². The van der Waals surface area contributed by atoms with Crippen molar-refractivity contribution in [1.82, 2.24) is 4.90 Å². The molecule has 1 saturated heterocycles. The third-order valence-electron chi connectivity index (χ3n) is 1.75. The Morgan fingerprint density at radius 2 is 2.60 bits per heavy atom. The molecule has 10 heavy (non-hydrogen) atoms. The molecule has 1 rings (SSSR count). The summed E-state index contributed by atoms with van der Waals surface area (Å²) in [5, 5.41) is 8.50. The van der Waals surface area contributed by atoms with Crippen LogP contribution >= 0.6 is 0 Å². The van der Waals surface area contributed by atoms with Gasteiger partial charge in [0, 0.05) is 13.7 Å². The van der Waals surface area contributed by atoms with Crippen LogP contribution < -0.4 is 0 Å². The molecule has 1 aliphatic rings. The van der Waals surface area contributed by atoms with Crippen LogP contribution in [0.5, 0.6) is 0 Å². The Morgan fingerprint density at radius 1 is 1.90 bits per heavy atom. The van der Waals surface area contributed by atoms with E-state index in [2.05, 4.69) is 0 Å². The van der Waals surface area contributed by atoms with Crippen LogP contribution in [0.15, 0.2) is 0 Å². The van der Waals surface area contributed by atoms with Gasteiger partial charge in [0.15, 0.2) is 0 Å². The topological polar surface area (TPSA) is 49.8 Å². The lowest BCUT2D eigenvalue weighted by molar-refractivity contribution is 0.0288. The lowest BCUT2D eigenvalue weighted by Gasteiger charge is -2.37. The van der Waals surface area contributed by atoms with Crippen molar-refractivity contribution in [2.24, 2.45) is 0 Å². The van der Waals surface area contributed by atoms with E-state index >= 15 is 0 Å². The zero-order valence-electron chi connectivity index (χ0n) is 5.91. The maximum Gasteiger partial charge on any atom is 0.407 e. The summed E-state index contributed by atoms with van der Waals surface area (Å²) in [5.74, 6) is 0. The van der Waals surface area contributed by atoms with Crippen molar-refractivity contribution in [3.63, 3.8) is 0 Å². The first-order chi connectivity index (χ1) is 4.75. The van der Waals surface area contributed by atoms with Gasteiger partial charge < -0.3 is 14.7 Å². The molecule has 0 aromatic carbocycles. The van der Waals surface area contributed by atoms with Crippen molar-refractivity contribution in [2.75, 3.05) is 20.3 Å². The molecule has 0 aromatic rings. The predicted octanol–water partition coefficient (Wildman–Crippen LogP) is 0.385. The summed E-state index contributed by atoms with van der Waals surface area (Å²) in [5.41, 5.74) is 0. The summed E-state index contributed by atoms with van der Waals surface area (Å²) in [6.07, 6.45) is 0.0912. The van der Waals surface area contributed by atoms with Gasteiger partial charge in [-0.25, -0.2) is 4.79 Å². The van der Waals surface area contributed by atoms with E-state index in [4.69, 9.17) is 9.84 Å². The standard InChI is InChI=1S/C6H11NO3/c1-10-4-5-2-3-7(5)6(8)9/h5H,2-4H2,1H3,(H,8,9). The highest BCUT2D eigenvalue weighted by Gasteiger charge is 2.31. The number of carbonyl (C=O) groups is 1. The Kier molecular flexibility index (Phi) is 2.11. The maximum atomic E-state index is 10.3. The number of hydrogen-bond donors (Lipinski definition) is 1. The summed E-state index contributed by atoms with van der Waals surface area (Å²) < 4.78 is 4.82. The zero-order valence-corrected chi connectivity index (χ0v) is 5.91. The molecule has 1 unspecified atom stereocenters. The van der Waals surface area contributed by atoms with E-state index < -0.39 is 6.09 Å². The molecule has 0 aromatic heterocycles. The van der Waals surface area contributed by atoms with Crippen molar-refractivity contribution < 1.29 is 14.6 Å². The Morgan fingerprint density at radius 3 is 2.90 bits per heavy atom. The van der Waals surface area contributed by atoms with Crippen molar-refractivity contribution in [3.8, 4) is 0 Å².